The SMILES string of the molecule is C[C@H]1[C@H](NC(=O)C(=NOCCOc2ccc(C(N)=NNC=O)cc2)c2csc(N)n2)C(=O)N1S(=O)(=O)O. The number of carbonyl (C=O) groups excluding carboxylic acids is 3. The van der Waals surface area contributed by atoms with Gasteiger partial charge in [0.2, 0.25) is 6.41 Å². The second-order valence-electron chi connectivity index (χ2n) is 7.26. The fraction of sp³-hybridized carbons (Fsp3) is 0.263. The van der Waals surface area contributed by atoms with Crippen molar-refractivity contribution in [1.82, 2.24) is 20.0 Å². The highest BCUT2D eigenvalue weighted by atomic mass is 32.2. The molecule has 1 aliphatic heterocycles. The Morgan fingerprint density at radius 3 is 2.59 bits per heavy atom. The standard InChI is InChI=1S/C19H22N8O8S2/c1-10-14(18(30)27(10)37(31,32)33)24-17(29)15(13-8-36-19(21)23-13)26-35-7-6-34-12-4-2-11(3-5-12)16(20)25-22-9-28/h2-5,8-10,14H,6-7H2,1H3,(H2,20,25)(H2,21,23)(H,22,28)(H,24,29)(H,31,32,33)/t10-,14-/m0/s1. The van der Waals surface area contributed by atoms with E-state index in [1.165, 1.54) is 12.3 Å². The molecule has 16 nitrogen and oxygen atoms in total. The summed E-state index contributed by atoms with van der Waals surface area (Å²) in [6, 6.07) is 4.25. The number of rotatable bonds is 12. The quantitative estimate of drug-likeness (QED) is 0.0381. The van der Waals surface area contributed by atoms with Gasteiger partial charge in [-0.2, -0.15) is 13.5 Å². The van der Waals surface area contributed by atoms with E-state index in [0.717, 1.165) is 11.3 Å². The molecule has 0 spiro atoms. The molecule has 2 aromatic rings. The van der Waals surface area contributed by atoms with E-state index in [-0.39, 0.29) is 39.9 Å². The zero-order valence-electron chi connectivity index (χ0n) is 19.1. The zero-order valence-corrected chi connectivity index (χ0v) is 20.7. The molecule has 1 aliphatic rings. The van der Waals surface area contributed by atoms with Gasteiger partial charge in [-0.3, -0.25) is 18.9 Å². The van der Waals surface area contributed by atoms with Gasteiger partial charge in [0.05, 0.1) is 6.04 Å². The minimum absolute atomic E-state index is 0.0364. The third-order valence-electron chi connectivity index (χ3n) is 4.84. The number of oxime groups is 1. The van der Waals surface area contributed by atoms with Gasteiger partial charge in [-0.05, 0) is 31.2 Å². The monoisotopic (exact) mass is 554 g/mol. The number of amides is 3. The molecule has 1 saturated heterocycles. The number of nitrogens with zero attached hydrogens (tertiary/aromatic N) is 4. The summed E-state index contributed by atoms with van der Waals surface area (Å²) in [6.07, 6.45) is 0.385. The fourth-order valence-corrected chi connectivity index (χ4v) is 4.53. The lowest BCUT2D eigenvalue weighted by Crippen LogP contribution is -2.71. The van der Waals surface area contributed by atoms with Gasteiger partial charge in [0.1, 0.15) is 24.1 Å². The first kappa shape index (κ1) is 27.3. The summed E-state index contributed by atoms with van der Waals surface area (Å²) in [4.78, 5) is 44.3. The third kappa shape index (κ3) is 6.68. The van der Waals surface area contributed by atoms with Gasteiger partial charge in [-0.15, -0.1) is 11.3 Å². The summed E-state index contributed by atoms with van der Waals surface area (Å²) in [5.74, 6) is -1.30. The van der Waals surface area contributed by atoms with Crippen molar-refractivity contribution in [3.05, 3.63) is 40.9 Å². The van der Waals surface area contributed by atoms with Crippen LogP contribution in [0.3, 0.4) is 0 Å². The number of benzene rings is 1. The molecule has 2 heterocycles. The maximum absolute atomic E-state index is 12.8. The Hall–Kier alpha value is -4.29. The summed E-state index contributed by atoms with van der Waals surface area (Å²) in [5.41, 5.74) is 13.8. The van der Waals surface area contributed by atoms with Gasteiger partial charge in [-0.1, -0.05) is 5.16 Å². The maximum atomic E-state index is 12.8. The first-order valence-corrected chi connectivity index (χ1v) is 12.6. The number of amidine groups is 1. The van der Waals surface area contributed by atoms with E-state index >= 15 is 0 Å². The summed E-state index contributed by atoms with van der Waals surface area (Å²) in [5, 5.41) is 11.4. The minimum atomic E-state index is -4.75. The molecular formula is C19H22N8O8S2. The van der Waals surface area contributed by atoms with Crippen LogP contribution < -0.4 is 26.9 Å². The van der Waals surface area contributed by atoms with E-state index in [2.05, 4.69) is 26.0 Å². The molecule has 198 valence electrons. The van der Waals surface area contributed by atoms with Crippen LogP contribution in [0.1, 0.15) is 18.2 Å². The van der Waals surface area contributed by atoms with Gasteiger partial charge in [0, 0.05) is 10.9 Å². The molecule has 3 amide bonds. The number of hydrogen-bond acceptors (Lipinski definition) is 12. The molecule has 0 saturated carbocycles. The Balaban J connectivity index is 1.59. The molecule has 0 unspecified atom stereocenters. The Bertz CT molecular complexity index is 1330. The summed E-state index contributed by atoms with van der Waals surface area (Å²) < 4.78 is 37.4. The van der Waals surface area contributed by atoms with Crippen LogP contribution in [0.2, 0.25) is 0 Å². The second kappa shape index (κ2) is 11.6. The Labute approximate surface area is 214 Å². The molecule has 2 atom stereocenters. The van der Waals surface area contributed by atoms with Gasteiger partial charge in [0.15, 0.2) is 23.3 Å². The number of ether oxygens (including phenoxy) is 1. The summed E-state index contributed by atoms with van der Waals surface area (Å²) in [7, 11) is -4.75. The van der Waals surface area contributed by atoms with Crippen LogP contribution in [0.15, 0.2) is 39.9 Å². The molecule has 7 N–H and O–H groups in total. The number of nitrogens with two attached hydrogens (primary N) is 2. The average Bonchev–Trinajstić information content (AvgIpc) is 3.28. The van der Waals surface area contributed by atoms with Crippen molar-refractivity contribution in [2.75, 3.05) is 18.9 Å². The molecule has 1 aromatic heterocycles. The van der Waals surface area contributed by atoms with Crippen LogP contribution >= 0.6 is 11.3 Å². The molecule has 0 aliphatic carbocycles. The number of hydrogen-bond donors (Lipinski definition) is 5. The number of thiazole rings is 1. The molecule has 3 rings (SSSR count). The van der Waals surface area contributed by atoms with Gasteiger partial charge < -0.3 is 26.4 Å². The number of nitrogen functional groups attached to an aromatic ring is 1. The number of nitrogens with one attached hydrogen (secondary N) is 2. The topological polar surface area (TPSA) is 241 Å². The summed E-state index contributed by atoms with van der Waals surface area (Å²) >= 11 is 1.04. The van der Waals surface area contributed by atoms with Crippen LogP contribution in [0.25, 0.3) is 0 Å². The number of hydrazone groups is 1. The summed E-state index contributed by atoms with van der Waals surface area (Å²) in [6.45, 7) is 1.29. The first-order valence-electron chi connectivity index (χ1n) is 10.3. The predicted molar refractivity (Wildman–Crippen MR) is 131 cm³/mol. The number of carbonyl (C=O) groups is 3. The third-order valence-corrected chi connectivity index (χ3v) is 6.52. The molecule has 1 aromatic carbocycles. The van der Waals surface area contributed by atoms with Crippen molar-refractivity contribution < 1.29 is 36.9 Å². The normalized spacial score (nSPS) is 18.1. The van der Waals surface area contributed by atoms with Crippen LogP contribution in [-0.2, 0) is 29.5 Å². The highest BCUT2D eigenvalue weighted by Crippen LogP contribution is 2.23. The van der Waals surface area contributed by atoms with Gasteiger partial charge in [-0.25, -0.2) is 14.7 Å². The van der Waals surface area contributed by atoms with Crippen molar-refractivity contribution in [2.45, 2.75) is 19.0 Å². The molecule has 0 bridgehead atoms. The number of β-lactam (4-membered cyclic amide) rings is 1. The maximum Gasteiger partial charge on any atom is 0.362 e. The highest BCUT2D eigenvalue weighted by molar-refractivity contribution is 7.84. The molecule has 18 heteroatoms. The van der Waals surface area contributed by atoms with Crippen molar-refractivity contribution >= 4 is 56.5 Å². The highest BCUT2D eigenvalue weighted by Gasteiger charge is 2.51. The van der Waals surface area contributed by atoms with E-state index in [9.17, 15) is 22.8 Å². The van der Waals surface area contributed by atoms with E-state index in [1.54, 1.807) is 24.3 Å². The van der Waals surface area contributed by atoms with Gasteiger partial charge >= 0.3 is 10.3 Å². The van der Waals surface area contributed by atoms with Crippen molar-refractivity contribution in [3.8, 4) is 5.75 Å². The van der Waals surface area contributed by atoms with Crippen LogP contribution in [0.5, 0.6) is 5.75 Å². The molecule has 37 heavy (non-hydrogen) atoms. The first-order chi connectivity index (χ1) is 17.5. The number of aromatic nitrogens is 1. The number of anilines is 1. The lowest BCUT2D eigenvalue weighted by atomic mass is 10.0. The van der Waals surface area contributed by atoms with Crippen LogP contribution in [0.4, 0.5) is 5.13 Å². The van der Waals surface area contributed by atoms with Crippen molar-refractivity contribution in [2.24, 2.45) is 16.0 Å². The van der Waals surface area contributed by atoms with E-state index < -0.39 is 34.2 Å². The lowest BCUT2D eigenvalue weighted by molar-refractivity contribution is -0.143. The fourth-order valence-electron chi connectivity index (χ4n) is 3.10. The van der Waals surface area contributed by atoms with E-state index in [4.69, 9.17) is 25.6 Å². The largest absolute Gasteiger partial charge is 0.490 e. The predicted octanol–water partition coefficient (Wildman–Crippen LogP) is -1.59. The van der Waals surface area contributed by atoms with Crippen molar-refractivity contribution in [1.29, 1.82) is 0 Å². The Morgan fingerprint density at radius 2 is 2.03 bits per heavy atom. The average molecular weight is 555 g/mol. The Morgan fingerprint density at radius 1 is 1.32 bits per heavy atom. The van der Waals surface area contributed by atoms with E-state index in [0.29, 0.717) is 17.7 Å². The van der Waals surface area contributed by atoms with Crippen LogP contribution in [0, 0.1) is 0 Å². The Kier molecular flexibility index (Phi) is 8.58. The zero-order chi connectivity index (χ0) is 27.2. The molecular weight excluding hydrogens is 532 g/mol. The van der Waals surface area contributed by atoms with E-state index in [1.807, 2.05) is 0 Å². The van der Waals surface area contributed by atoms with Gasteiger partial charge in [0.25, 0.3) is 11.8 Å². The minimum Gasteiger partial charge on any atom is -0.490 e. The molecule has 1 fully saturated rings. The second-order valence-corrected chi connectivity index (χ2v) is 9.44. The lowest BCUT2D eigenvalue weighted by Gasteiger charge is -2.42. The smallest absolute Gasteiger partial charge is 0.362 e. The van der Waals surface area contributed by atoms with Crippen molar-refractivity contribution in [3.63, 3.8) is 0 Å². The molecule has 0 radical (unpaired) electrons. The van der Waals surface area contributed by atoms with Crippen LogP contribution in [-0.4, -0.2) is 77.3 Å².